The van der Waals surface area contributed by atoms with Gasteiger partial charge in [0.2, 0.25) is 17.6 Å². The van der Waals surface area contributed by atoms with Crippen molar-refractivity contribution in [2.24, 2.45) is 11.8 Å². The smallest absolute Gasteiger partial charge is 0.289 e. The molecule has 212 valence electrons. The molecule has 0 aliphatic carbocycles. The summed E-state index contributed by atoms with van der Waals surface area (Å²) in [6, 6.07) is -1.46. The molecule has 4 atom stereocenters. The van der Waals surface area contributed by atoms with Crippen LogP contribution in [-0.4, -0.2) is 53.6 Å². The van der Waals surface area contributed by atoms with Crippen molar-refractivity contribution in [3.63, 3.8) is 0 Å². The highest BCUT2D eigenvalue weighted by Crippen LogP contribution is 2.24. The van der Waals surface area contributed by atoms with Gasteiger partial charge in [0.05, 0.1) is 6.04 Å². The molecule has 0 aromatic heterocycles. The lowest BCUT2D eigenvalue weighted by molar-refractivity contribution is -0.144. The van der Waals surface area contributed by atoms with E-state index in [0.717, 1.165) is 19.3 Å². The van der Waals surface area contributed by atoms with Crippen LogP contribution in [0.3, 0.4) is 0 Å². The molecule has 0 aromatic rings. The Labute approximate surface area is 222 Å². The van der Waals surface area contributed by atoms with Gasteiger partial charge in [0.25, 0.3) is 5.91 Å². The summed E-state index contributed by atoms with van der Waals surface area (Å²) in [6.07, 6.45) is 6.91. The fourth-order valence-electron chi connectivity index (χ4n) is 3.52. The number of amides is 3. The Balaban J connectivity index is -0.00000141. The highest BCUT2D eigenvalue weighted by molar-refractivity contribution is 6.38. The molecule has 3 amide bonds. The van der Waals surface area contributed by atoms with Crippen LogP contribution in [0, 0.1) is 11.8 Å². The molecule has 36 heavy (non-hydrogen) atoms. The van der Waals surface area contributed by atoms with Gasteiger partial charge in [-0.3, -0.25) is 19.2 Å². The molecule has 0 bridgehead atoms. The van der Waals surface area contributed by atoms with E-state index in [1.54, 1.807) is 4.90 Å². The Hall–Kier alpha value is -2.18. The zero-order valence-electron chi connectivity index (χ0n) is 25.0. The minimum absolute atomic E-state index is 0.0165. The molecular weight excluding hydrogens is 454 g/mol. The Kier molecular flexibility index (Phi) is 26.1. The summed E-state index contributed by atoms with van der Waals surface area (Å²) in [7, 11) is 0. The van der Waals surface area contributed by atoms with Crippen LogP contribution in [0.5, 0.6) is 0 Å². The van der Waals surface area contributed by atoms with E-state index in [1.807, 2.05) is 55.4 Å². The van der Waals surface area contributed by atoms with Crippen molar-refractivity contribution in [1.29, 1.82) is 0 Å². The predicted octanol–water partition coefficient (Wildman–Crippen LogP) is 5.67. The quantitative estimate of drug-likeness (QED) is 0.260. The van der Waals surface area contributed by atoms with Crippen LogP contribution >= 0.6 is 0 Å². The third-order valence-corrected chi connectivity index (χ3v) is 5.84. The number of rotatable bonds is 12. The van der Waals surface area contributed by atoms with Gasteiger partial charge in [0.1, 0.15) is 6.04 Å². The van der Waals surface area contributed by atoms with Gasteiger partial charge in [-0.15, -0.1) is 6.58 Å². The molecule has 0 radical (unpaired) electrons. The van der Waals surface area contributed by atoms with Crippen molar-refractivity contribution in [1.82, 2.24) is 15.5 Å². The van der Waals surface area contributed by atoms with E-state index in [2.05, 4.69) is 31.1 Å². The Morgan fingerprint density at radius 2 is 1.58 bits per heavy atom. The average Bonchev–Trinajstić information content (AvgIpc) is 3.40. The summed E-state index contributed by atoms with van der Waals surface area (Å²) >= 11 is 0. The second-order valence-corrected chi connectivity index (χ2v) is 8.64. The number of hydrogen-bond acceptors (Lipinski definition) is 4. The van der Waals surface area contributed by atoms with Crippen LogP contribution in [0.2, 0.25) is 0 Å². The molecule has 1 heterocycles. The van der Waals surface area contributed by atoms with Gasteiger partial charge in [-0.2, -0.15) is 0 Å². The second-order valence-electron chi connectivity index (χ2n) is 8.64. The molecule has 7 heteroatoms. The summed E-state index contributed by atoms with van der Waals surface area (Å²) in [5, 5.41) is 5.22. The number of nitrogens with one attached hydrogen (secondary N) is 2. The maximum atomic E-state index is 12.9. The molecule has 1 aliphatic heterocycles. The summed E-state index contributed by atoms with van der Waals surface area (Å²) in [4.78, 5) is 52.0. The molecular formula is C29H57N3O4. The number of carbonyl (C=O) groups excluding carboxylic acids is 4. The van der Waals surface area contributed by atoms with Crippen LogP contribution in [0.1, 0.15) is 114 Å². The molecule has 0 saturated carbocycles. The zero-order valence-corrected chi connectivity index (χ0v) is 25.0. The first kappa shape index (κ1) is 38.4. The molecule has 1 fully saturated rings. The van der Waals surface area contributed by atoms with Crippen molar-refractivity contribution in [3.8, 4) is 0 Å². The van der Waals surface area contributed by atoms with E-state index in [9.17, 15) is 19.2 Å². The summed E-state index contributed by atoms with van der Waals surface area (Å²) in [5.41, 5.74) is 0. The number of unbranched alkanes of at least 4 members (excludes halogenated alkanes) is 1. The molecule has 0 aromatic carbocycles. The van der Waals surface area contributed by atoms with Gasteiger partial charge in [0.15, 0.2) is 0 Å². The SMILES string of the molecule is C=CCNC(=O)C(=O)C(CCCC)NC(=O)C1CCCN1C(=O)C(C)C(C)CC.CC.CC.CCC. The number of hydrogen-bond donors (Lipinski definition) is 2. The minimum atomic E-state index is -0.878. The summed E-state index contributed by atoms with van der Waals surface area (Å²) < 4.78 is 0. The topological polar surface area (TPSA) is 95.6 Å². The molecule has 2 N–H and O–H groups in total. The maximum absolute atomic E-state index is 12.9. The Morgan fingerprint density at radius 1 is 1.03 bits per heavy atom. The molecule has 1 rings (SSSR count). The van der Waals surface area contributed by atoms with Crippen LogP contribution in [0.4, 0.5) is 0 Å². The lowest BCUT2D eigenvalue weighted by Gasteiger charge is -2.30. The molecule has 1 saturated heterocycles. The molecule has 1 aliphatic rings. The summed E-state index contributed by atoms with van der Waals surface area (Å²) in [5.74, 6) is -1.67. The number of carbonyl (C=O) groups is 4. The second kappa shape index (κ2) is 24.5. The lowest BCUT2D eigenvalue weighted by Crippen LogP contribution is -2.54. The van der Waals surface area contributed by atoms with Crippen molar-refractivity contribution in [3.05, 3.63) is 12.7 Å². The maximum Gasteiger partial charge on any atom is 0.289 e. The molecule has 4 unspecified atom stereocenters. The van der Waals surface area contributed by atoms with Crippen molar-refractivity contribution in [2.75, 3.05) is 13.1 Å². The van der Waals surface area contributed by atoms with E-state index < -0.39 is 23.8 Å². The zero-order chi connectivity index (χ0) is 28.7. The first-order valence-electron chi connectivity index (χ1n) is 14.2. The van der Waals surface area contributed by atoms with E-state index in [0.29, 0.717) is 25.8 Å². The first-order chi connectivity index (χ1) is 17.2. The van der Waals surface area contributed by atoms with E-state index in [1.165, 1.54) is 12.5 Å². The van der Waals surface area contributed by atoms with Gasteiger partial charge in [0, 0.05) is 19.0 Å². The highest BCUT2D eigenvalue weighted by atomic mass is 16.2. The van der Waals surface area contributed by atoms with Crippen molar-refractivity contribution >= 4 is 23.5 Å². The van der Waals surface area contributed by atoms with Gasteiger partial charge < -0.3 is 15.5 Å². The highest BCUT2D eigenvalue weighted by Gasteiger charge is 2.38. The largest absolute Gasteiger partial charge is 0.346 e. The normalized spacial score (nSPS) is 16.3. The minimum Gasteiger partial charge on any atom is -0.346 e. The first-order valence-corrected chi connectivity index (χ1v) is 14.2. The van der Waals surface area contributed by atoms with Crippen molar-refractivity contribution < 1.29 is 19.2 Å². The van der Waals surface area contributed by atoms with Gasteiger partial charge in [-0.25, -0.2) is 0 Å². The fourth-order valence-corrected chi connectivity index (χ4v) is 3.52. The number of nitrogens with zero attached hydrogens (tertiary/aromatic N) is 1. The predicted molar refractivity (Wildman–Crippen MR) is 152 cm³/mol. The lowest BCUT2D eigenvalue weighted by atomic mass is 9.92. The monoisotopic (exact) mass is 511 g/mol. The summed E-state index contributed by atoms with van der Waals surface area (Å²) in [6.45, 7) is 24.5. The number of ketones is 1. The van der Waals surface area contributed by atoms with Gasteiger partial charge in [-0.05, 0) is 25.2 Å². The van der Waals surface area contributed by atoms with E-state index in [-0.39, 0.29) is 30.2 Å². The van der Waals surface area contributed by atoms with Crippen molar-refractivity contribution in [2.45, 2.75) is 126 Å². The van der Waals surface area contributed by atoms with Gasteiger partial charge in [-0.1, -0.05) is 101 Å². The van der Waals surface area contributed by atoms with Gasteiger partial charge >= 0.3 is 0 Å². The molecule has 0 spiro atoms. The third-order valence-electron chi connectivity index (χ3n) is 5.84. The van der Waals surface area contributed by atoms with Crippen LogP contribution < -0.4 is 10.6 Å². The number of Topliss-reactive ketones (excluding diaryl/α,β-unsaturated/α-hetero) is 1. The van der Waals surface area contributed by atoms with Crippen LogP contribution in [-0.2, 0) is 19.2 Å². The average molecular weight is 512 g/mol. The Bertz CT molecular complexity index is 622. The third kappa shape index (κ3) is 14.4. The number of likely N-dealkylation sites (tertiary alicyclic amines) is 1. The molecule has 7 nitrogen and oxygen atoms in total. The van der Waals surface area contributed by atoms with Crippen LogP contribution in [0.15, 0.2) is 12.7 Å². The van der Waals surface area contributed by atoms with E-state index >= 15 is 0 Å². The standard InChI is InChI=1S/C22H37N3O4.C3H8.2C2H6/c1-6-9-11-17(19(26)21(28)23-13-7-2)24-20(27)18-12-10-14-25(18)22(29)16(5)15(4)8-3;1-3-2;2*1-2/h7,15-18H,2,6,8-14H2,1,3-5H3,(H,23,28)(H,24,27);3H2,1-2H3;2*1-2H3. The Morgan fingerprint density at radius 3 is 2.06 bits per heavy atom. The van der Waals surface area contributed by atoms with E-state index in [4.69, 9.17) is 0 Å². The van der Waals surface area contributed by atoms with Crippen LogP contribution in [0.25, 0.3) is 0 Å². The fraction of sp³-hybridized carbons (Fsp3) is 0.793.